The molecule has 5 nitrogen and oxygen atoms in total. The molecule has 178 valence electrons. The van der Waals surface area contributed by atoms with E-state index in [9.17, 15) is 0 Å². The Balaban J connectivity index is 1.52. The molecule has 4 aromatic heterocycles. The molecule has 5 heteroatoms. The molecule has 0 fully saturated rings. The van der Waals surface area contributed by atoms with E-state index in [4.69, 9.17) is 9.97 Å². The molecule has 0 aliphatic rings. The zero-order chi connectivity index (χ0) is 25.0. The molecule has 9 aromatic rings. The molecule has 4 heterocycles. The predicted molar refractivity (Wildman–Crippen MR) is 154 cm³/mol. The van der Waals surface area contributed by atoms with Gasteiger partial charge in [0.05, 0.1) is 33.1 Å². The van der Waals surface area contributed by atoms with Crippen LogP contribution < -0.4 is 0 Å². The first-order chi connectivity index (χ1) is 18.8. The monoisotopic (exact) mass is 487 g/mol. The van der Waals surface area contributed by atoms with Crippen LogP contribution in [-0.2, 0) is 0 Å². The summed E-state index contributed by atoms with van der Waals surface area (Å²) in [6.45, 7) is 2.21. The molecule has 0 saturated carbocycles. The Morgan fingerprint density at radius 3 is 1.71 bits per heavy atom. The molecule has 0 N–H and O–H groups in total. The highest BCUT2D eigenvalue weighted by atomic mass is 15.3. The number of para-hydroxylation sites is 4. The molecule has 38 heavy (non-hydrogen) atoms. The fourth-order valence-electron chi connectivity index (χ4n) is 6.32. The second-order valence-corrected chi connectivity index (χ2v) is 10.0. The van der Waals surface area contributed by atoms with Gasteiger partial charge in [-0.2, -0.15) is 0 Å². The van der Waals surface area contributed by atoms with Gasteiger partial charge in [0.15, 0.2) is 0 Å². The first-order valence-electron chi connectivity index (χ1n) is 12.9. The van der Waals surface area contributed by atoms with E-state index >= 15 is 0 Å². The second kappa shape index (κ2) is 6.99. The van der Waals surface area contributed by atoms with Crippen LogP contribution in [0.25, 0.3) is 72.4 Å². The summed E-state index contributed by atoms with van der Waals surface area (Å²) in [5, 5.41) is 0. The minimum Gasteiger partial charge on any atom is -0.276 e. The predicted octanol–water partition coefficient (Wildman–Crippen LogP) is 7.77. The average Bonchev–Trinajstić information content (AvgIpc) is 3.68. The summed E-state index contributed by atoms with van der Waals surface area (Å²) in [6.07, 6.45) is 0. The smallest absolute Gasteiger partial charge is 0.223 e. The number of fused-ring (bicyclic) bond motifs is 10. The lowest BCUT2D eigenvalue weighted by atomic mass is 9.90. The van der Waals surface area contributed by atoms with Gasteiger partial charge in [0, 0.05) is 0 Å². The summed E-state index contributed by atoms with van der Waals surface area (Å²) in [6, 6.07) is 38.6. The lowest BCUT2D eigenvalue weighted by molar-refractivity contribution is 1.15. The van der Waals surface area contributed by atoms with Crippen molar-refractivity contribution in [2.24, 2.45) is 0 Å². The maximum atomic E-state index is 5.08. The van der Waals surface area contributed by atoms with Crippen LogP contribution in [-0.4, -0.2) is 23.2 Å². The first kappa shape index (κ1) is 20.0. The molecule has 5 aromatic carbocycles. The van der Waals surface area contributed by atoms with Crippen molar-refractivity contribution in [1.29, 1.82) is 0 Å². The Morgan fingerprint density at radius 1 is 0.500 bits per heavy atom. The number of rotatable bonds is 2. The topological polar surface area (TPSA) is 39.0 Å². The third-order valence-corrected chi connectivity index (χ3v) is 7.91. The van der Waals surface area contributed by atoms with Gasteiger partial charge in [0.1, 0.15) is 5.52 Å². The summed E-state index contributed by atoms with van der Waals surface area (Å²) in [7, 11) is 0. The molecule has 0 atom stereocenters. The number of aryl methyl sites for hydroxylation is 1. The number of hydrogen-bond acceptors (Lipinski definition) is 2. The van der Waals surface area contributed by atoms with E-state index in [1.165, 1.54) is 27.8 Å². The molecule has 0 aliphatic carbocycles. The quantitative estimate of drug-likeness (QED) is 0.250. The summed E-state index contributed by atoms with van der Waals surface area (Å²) in [5.41, 5.74) is 13.7. The second-order valence-electron chi connectivity index (χ2n) is 10.0. The largest absolute Gasteiger partial charge is 0.276 e. The number of imidazole rings is 4. The Kier molecular flexibility index (Phi) is 3.67. The lowest BCUT2D eigenvalue weighted by Crippen LogP contribution is -1.92. The van der Waals surface area contributed by atoms with E-state index in [0.717, 1.165) is 50.2 Å². The average molecular weight is 488 g/mol. The van der Waals surface area contributed by atoms with Crippen molar-refractivity contribution in [2.45, 2.75) is 6.92 Å². The van der Waals surface area contributed by atoms with Gasteiger partial charge < -0.3 is 0 Å². The van der Waals surface area contributed by atoms with Crippen LogP contribution in [0.1, 0.15) is 5.56 Å². The van der Waals surface area contributed by atoms with Crippen LogP contribution in [0.15, 0.2) is 109 Å². The van der Waals surface area contributed by atoms with Crippen LogP contribution in [0.4, 0.5) is 0 Å². The number of aromatic nitrogens is 5. The van der Waals surface area contributed by atoms with Crippen molar-refractivity contribution in [2.75, 3.05) is 0 Å². The van der Waals surface area contributed by atoms with Gasteiger partial charge in [0.25, 0.3) is 0 Å². The molecule has 9 rings (SSSR count). The van der Waals surface area contributed by atoms with Gasteiger partial charge in [-0.15, -0.1) is 0 Å². The number of hydrogen-bond donors (Lipinski definition) is 0. The van der Waals surface area contributed by atoms with Gasteiger partial charge in [-0.1, -0.05) is 72.8 Å². The highest BCUT2D eigenvalue weighted by Gasteiger charge is 2.25. The van der Waals surface area contributed by atoms with E-state index in [1.54, 1.807) is 0 Å². The Bertz CT molecular complexity index is 2230. The lowest BCUT2D eigenvalue weighted by Gasteiger charge is -2.14. The van der Waals surface area contributed by atoms with E-state index < -0.39 is 0 Å². The molecule has 0 aliphatic heterocycles. The molecule has 0 saturated heterocycles. The third-order valence-electron chi connectivity index (χ3n) is 7.91. The van der Waals surface area contributed by atoms with Gasteiger partial charge in [-0.25, -0.2) is 14.4 Å². The highest BCUT2D eigenvalue weighted by Crippen LogP contribution is 2.41. The summed E-state index contributed by atoms with van der Waals surface area (Å²) >= 11 is 0. The van der Waals surface area contributed by atoms with Crippen LogP contribution in [0, 0.1) is 6.92 Å². The van der Waals surface area contributed by atoms with Crippen molar-refractivity contribution < 1.29 is 0 Å². The third kappa shape index (κ3) is 2.41. The van der Waals surface area contributed by atoms with E-state index in [0.29, 0.717) is 0 Å². The highest BCUT2D eigenvalue weighted by molar-refractivity contribution is 6.06. The maximum Gasteiger partial charge on any atom is 0.223 e. The van der Waals surface area contributed by atoms with E-state index in [-0.39, 0.29) is 0 Å². The van der Waals surface area contributed by atoms with Crippen LogP contribution in [0.3, 0.4) is 0 Å². The molecular formula is C33H21N5. The minimum atomic E-state index is 0.890. The number of nitrogens with zero attached hydrogens (tertiary/aromatic N) is 5. The number of benzene rings is 5. The van der Waals surface area contributed by atoms with Crippen molar-refractivity contribution in [3.8, 4) is 22.3 Å². The van der Waals surface area contributed by atoms with Crippen molar-refractivity contribution in [3.63, 3.8) is 0 Å². The van der Waals surface area contributed by atoms with Gasteiger partial charge in [0.2, 0.25) is 11.6 Å². The maximum absolute atomic E-state index is 5.08. The summed E-state index contributed by atoms with van der Waals surface area (Å²) in [4.78, 5) is 10.2. The van der Waals surface area contributed by atoms with Crippen molar-refractivity contribution >= 4 is 50.2 Å². The molecule has 0 amide bonds. The molecule has 0 radical (unpaired) electrons. The van der Waals surface area contributed by atoms with Gasteiger partial charge >= 0.3 is 0 Å². The molecule has 0 unspecified atom stereocenters. The standard InChI is InChI=1S/C33H21N5/c1-20-10-9-13-23(21-11-3-2-4-12-21)30(20)22-18-28-31-29(19-22)37-27-17-8-6-15-25(27)35-33(37)38(31)32-34-24-14-5-7-16-26(24)36(28)32/h2-19H,1H3. The van der Waals surface area contributed by atoms with Crippen LogP contribution in [0.2, 0.25) is 0 Å². The zero-order valence-corrected chi connectivity index (χ0v) is 20.6. The first-order valence-corrected chi connectivity index (χ1v) is 12.9. The SMILES string of the molecule is Cc1cccc(-c2ccccc2)c1-c1cc2c3c(c1)n1c4ccccc4nc1n3c1nc3ccccc3n21. The minimum absolute atomic E-state index is 0.890. The van der Waals surface area contributed by atoms with Crippen molar-refractivity contribution in [1.82, 2.24) is 23.2 Å². The normalized spacial score (nSPS) is 12.3. The molecule has 0 bridgehead atoms. The Hall–Kier alpha value is -5.16. The Morgan fingerprint density at radius 2 is 1.08 bits per heavy atom. The zero-order valence-electron chi connectivity index (χ0n) is 20.6. The van der Waals surface area contributed by atoms with Crippen LogP contribution in [0.5, 0.6) is 0 Å². The van der Waals surface area contributed by atoms with E-state index in [1.807, 2.05) is 12.1 Å². The molecular weight excluding hydrogens is 466 g/mol. The summed E-state index contributed by atoms with van der Waals surface area (Å²) < 4.78 is 6.81. The molecule has 0 spiro atoms. The fraction of sp³-hybridized carbons (Fsp3) is 0.0303. The summed E-state index contributed by atoms with van der Waals surface area (Å²) in [5.74, 6) is 1.78. The van der Waals surface area contributed by atoms with Gasteiger partial charge in [-0.05, 0) is 71.1 Å². The van der Waals surface area contributed by atoms with E-state index in [2.05, 4.69) is 117 Å². The fourth-order valence-corrected chi connectivity index (χ4v) is 6.32. The van der Waals surface area contributed by atoms with Gasteiger partial charge in [-0.3, -0.25) is 8.80 Å². The van der Waals surface area contributed by atoms with Crippen molar-refractivity contribution in [3.05, 3.63) is 115 Å². The van der Waals surface area contributed by atoms with Crippen LogP contribution >= 0.6 is 0 Å². The Labute approximate surface area is 217 Å².